The van der Waals surface area contributed by atoms with Crippen LogP contribution >= 0.6 is 0 Å². The Morgan fingerprint density at radius 2 is 2.06 bits per heavy atom. The lowest BCUT2D eigenvalue weighted by Crippen LogP contribution is -2.46. The van der Waals surface area contributed by atoms with E-state index in [1.807, 2.05) is 13.8 Å². The fraction of sp³-hybridized carbons (Fsp3) is 0.929. The van der Waals surface area contributed by atoms with Gasteiger partial charge in [0.2, 0.25) is 0 Å². The highest BCUT2D eigenvalue weighted by Gasteiger charge is 2.44. The molecular formula is C14H27NO3. The number of hydrogen-bond donors (Lipinski definition) is 1. The molecule has 0 saturated carbocycles. The Labute approximate surface area is 110 Å². The Bertz CT molecular complexity index is 280. The number of likely N-dealkylation sites (tertiary alicyclic amines) is 1. The van der Waals surface area contributed by atoms with E-state index in [2.05, 4.69) is 11.9 Å². The molecule has 4 nitrogen and oxygen atoms in total. The van der Waals surface area contributed by atoms with Gasteiger partial charge < -0.3 is 14.7 Å². The molecule has 0 aromatic rings. The summed E-state index contributed by atoms with van der Waals surface area (Å²) < 4.78 is 5.14. The minimum atomic E-state index is -0.912. The van der Waals surface area contributed by atoms with Crippen molar-refractivity contribution in [2.24, 2.45) is 11.8 Å². The number of carbonyl (C=O) groups excluding carboxylic acids is 1. The summed E-state index contributed by atoms with van der Waals surface area (Å²) in [7, 11) is 2.06. The Balaban J connectivity index is 2.85. The van der Waals surface area contributed by atoms with Gasteiger partial charge in [-0.1, -0.05) is 13.8 Å². The van der Waals surface area contributed by atoms with Crippen LogP contribution < -0.4 is 0 Å². The number of ether oxygens (including phenoxy) is 1. The first kappa shape index (κ1) is 15.4. The van der Waals surface area contributed by atoms with Gasteiger partial charge in [-0.25, -0.2) is 0 Å². The van der Waals surface area contributed by atoms with Gasteiger partial charge in [-0.2, -0.15) is 0 Å². The molecule has 0 aromatic heterocycles. The maximum Gasteiger partial charge on any atom is 0.312 e. The number of carbonyl (C=O) groups is 1. The second-order valence-electron chi connectivity index (χ2n) is 5.73. The van der Waals surface area contributed by atoms with Crippen molar-refractivity contribution in [1.82, 2.24) is 4.90 Å². The number of aliphatic hydroxyl groups is 1. The first-order chi connectivity index (χ1) is 8.40. The van der Waals surface area contributed by atoms with Crippen LogP contribution in [0.2, 0.25) is 0 Å². The minimum absolute atomic E-state index is 0.0949. The summed E-state index contributed by atoms with van der Waals surface area (Å²) in [5.74, 6) is -0.569. The molecule has 1 heterocycles. The van der Waals surface area contributed by atoms with Gasteiger partial charge in [-0.15, -0.1) is 0 Å². The fourth-order valence-electron chi connectivity index (χ4n) is 2.93. The molecular weight excluding hydrogens is 230 g/mol. The Kier molecular flexibility index (Phi) is 5.60. The van der Waals surface area contributed by atoms with Crippen LogP contribution in [-0.2, 0) is 9.53 Å². The lowest BCUT2D eigenvalue weighted by molar-refractivity contribution is -0.163. The molecule has 1 rings (SSSR count). The molecule has 0 bridgehead atoms. The van der Waals surface area contributed by atoms with E-state index in [0.29, 0.717) is 19.4 Å². The van der Waals surface area contributed by atoms with Gasteiger partial charge >= 0.3 is 5.97 Å². The lowest BCUT2D eigenvalue weighted by Gasteiger charge is -2.36. The summed E-state index contributed by atoms with van der Waals surface area (Å²) in [5.41, 5.74) is -0.912. The van der Waals surface area contributed by atoms with Gasteiger partial charge in [-0.3, -0.25) is 4.79 Å². The van der Waals surface area contributed by atoms with Gasteiger partial charge in [0.1, 0.15) is 0 Å². The molecule has 106 valence electrons. The van der Waals surface area contributed by atoms with Crippen LogP contribution in [0, 0.1) is 11.8 Å². The van der Waals surface area contributed by atoms with Crippen molar-refractivity contribution >= 4 is 5.97 Å². The normalized spacial score (nSPS) is 27.9. The zero-order chi connectivity index (χ0) is 13.8. The highest BCUT2D eigenvalue weighted by molar-refractivity contribution is 5.74. The van der Waals surface area contributed by atoms with Crippen molar-refractivity contribution in [2.45, 2.75) is 45.6 Å². The molecule has 1 aliphatic heterocycles. The van der Waals surface area contributed by atoms with Crippen molar-refractivity contribution in [3.8, 4) is 0 Å². The maximum absolute atomic E-state index is 12.1. The van der Waals surface area contributed by atoms with Crippen LogP contribution in [0.25, 0.3) is 0 Å². The fourth-order valence-corrected chi connectivity index (χ4v) is 2.93. The first-order valence-corrected chi connectivity index (χ1v) is 6.98. The van der Waals surface area contributed by atoms with Crippen molar-refractivity contribution in [2.75, 3.05) is 26.7 Å². The number of esters is 1. The molecule has 1 saturated heterocycles. The third-order valence-electron chi connectivity index (χ3n) is 3.86. The Morgan fingerprint density at radius 3 is 2.61 bits per heavy atom. The molecule has 2 atom stereocenters. The topological polar surface area (TPSA) is 49.8 Å². The quantitative estimate of drug-likeness (QED) is 0.778. The summed E-state index contributed by atoms with van der Waals surface area (Å²) in [5, 5.41) is 10.9. The largest absolute Gasteiger partial charge is 0.466 e. The van der Waals surface area contributed by atoms with E-state index in [4.69, 9.17) is 4.74 Å². The van der Waals surface area contributed by atoms with Crippen LogP contribution in [-0.4, -0.2) is 48.3 Å². The second kappa shape index (κ2) is 6.53. The van der Waals surface area contributed by atoms with Crippen molar-refractivity contribution in [3.05, 3.63) is 0 Å². The molecule has 18 heavy (non-hydrogen) atoms. The molecule has 1 aliphatic rings. The molecule has 0 spiro atoms. The zero-order valence-electron chi connectivity index (χ0n) is 12.1. The average Bonchev–Trinajstić information content (AvgIpc) is 2.41. The van der Waals surface area contributed by atoms with Gasteiger partial charge in [0, 0.05) is 6.54 Å². The van der Waals surface area contributed by atoms with Gasteiger partial charge in [-0.05, 0) is 45.7 Å². The summed E-state index contributed by atoms with van der Waals surface area (Å²) in [6.07, 6.45) is 2.25. The molecule has 4 heteroatoms. The second-order valence-corrected chi connectivity index (χ2v) is 5.73. The smallest absolute Gasteiger partial charge is 0.312 e. The van der Waals surface area contributed by atoms with E-state index < -0.39 is 11.5 Å². The summed E-state index contributed by atoms with van der Waals surface area (Å²) in [4.78, 5) is 14.3. The number of rotatable bonds is 4. The predicted octanol–water partition coefficient (Wildman–Crippen LogP) is 1.67. The van der Waals surface area contributed by atoms with E-state index in [-0.39, 0.29) is 11.9 Å². The molecule has 1 N–H and O–H groups in total. The van der Waals surface area contributed by atoms with Gasteiger partial charge in [0.05, 0.1) is 18.1 Å². The first-order valence-electron chi connectivity index (χ1n) is 6.98. The average molecular weight is 257 g/mol. The zero-order valence-corrected chi connectivity index (χ0v) is 12.1. The third-order valence-corrected chi connectivity index (χ3v) is 3.86. The number of nitrogens with zero attached hydrogens (tertiary/aromatic N) is 1. The minimum Gasteiger partial charge on any atom is -0.466 e. The molecule has 0 aromatic carbocycles. The van der Waals surface area contributed by atoms with E-state index in [0.717, 1.165) is 19.5 Å². The van der Waals surface area contributed by atoms with Crippen LogP contribution in [0.15, 0.2) is 0 Å². The Morgan fingerprint density at radius 1 is 1.39 bits per heavy atom. The van der Waals surface area contributed by atoms with E-state index in [1.54, 1.807) is 6.92 Å². The highest BCUT2D eigenvalue weighted by atomic mass is 16.5. The van der Waals surface area contributed by atoms with Crippen LogP contribution in [0.3, 0.4) is 0 Å². The number of hydrogen-bond acceptors (Lipinski definition) is 4. The summed E-state index contributed by atoms with van der Waals surface area (Å²) in [6.45, 7) is 7.95. The van der Waals surface area contributed by atoms with Crippen LogP contribution in [0.5, 0.6) is 0 Å². The van der Waals surface area contributed by atoms with Gasteiger partial charge in [0.25, 0.3) is 0 Å². The van der Waals surface area contributed by atoms with Gasteiger partial charge in [0.15, 0.2) is 0 Å². The molecule has 1 fully saturated rings. The molecule has 0 amide bonds. The molecule has 0 radical (unpaired) electrons. The SMILES string of the molecule is CCOC(=O)C(C(C)C)C1(O)CCCN(C)CC1. The van der Waals surface area contributed by atoms with Crippen molar-refractivity contribution in [3.63, 3.8) is 0 Å². The molecule has 2 unspecified atom stereocenters. The monoisotopic (exact) mass is 257 g/mol. The lowest BCUT2D eigenvalue weighted by atomic mass is 9.75. The molecule has 0 aliphatic carbocycles. The van der Waals surface area contributed by atoms with Crippen LogP contribution in [0.4, 0.5) is 0 Å². The third kappa shape index (κ3) is 3.69. The van der Waals surface area contributed by atoms with E-state index in [1.165, 1.54) is 0 Å². The summed E-state index contributed by atoms with van der Waals surface area (Å²) in [6, 6.07) is 0. The maximum atomic E-state index is 12.1. The van der Waals surface area contributed by atoms with Crippen molar-refractivity contribution in [1.29, 1.82) is 0 Å². The highest BCUT2D eigenvalue weighted by Crippen LogP contribution is 2.35. The van der Waals surface area contributed by atoms with E-state index >= 15 is 0 Å². The van der Waals surface area contributed by atoms with Crippen molar-refractivity contribution < 1.29 is 14.6 Å². The Hall–Kier alpha value is -0.610. The van der Waals surface area contributed by atoms with Crippen LogP contribution in [0.1, 0.15) is 40.0 Å². The predicted molar refractivity (Wildman–Crippen MR) is 71.3 cm³/mol. The van der Waals surface area contributed by atoms with E-state index in [9.17, 15) is 9.90 Å². The summed E-state index contributed by atoms with van der Waals surface area (Å²) >= 11 is 0. The standard InChI is InChI=1S/C14H27NO3/c1-5-18-13(16)12(11(2)3)14(17)7-6-9-15(4)10-8-14/h11-12,17H,5-10H2,1-4H3.